The summed E-state index contributed by atoms with van der Waals surface area (Å²) in [6.07, 6.45) is 2.10. The smallest absolute Gasteiger partial charge is 0.252 e. The molecule has 2 aromatic rings. The highest BCUT2D eigenvalue weighted by atomic mass is 16.5. The van der Waals surface area contributed by atoms with Crippen molar-refractivity contribution in [3.05, 3.63) is 45.9 Å². The van der Waals surface area contributed by atoms with Crippen molar-refractivity contribution in [2.75, 3.05) is 58.5 Å². The number of benzene rings is 1. The topological polar surface area (TPSA) is 79.9 Å². The number of aromatic nitrogens is 2. The Kier molecular flexibility index (Phi) is 6.54. The maximum absolute atomic E-state index is 12.3. The number of methoxy groups -OCH3 is 2. The quantitative estimate of drug-likeness (QED) is 0.774. The van der Waals surface area contributed by atoms with Crippen molar-refractivity contribution in [3.8, 4) is 11.5 Å². The second kappa shape index (κ2) is 9.49. The van der Waals surface area contributed by atoms with Crippen molar-refractivity contribution in [1.82, 2.24) is 14.9 Å². The van der Waals surface area contributed by atoms with Crippen molar-refractivity contribution in [2.24, 2.45) is 0 Å². The monoisotopic (exact) mass is 414 g/mol. The number of aromatic amines is 1. The highest BCUT2D eigenvalue weighted by Gasteiger charge is 2.25. The summed E-state index contributed by atoms with van der Waals surface area (Å²) in [4.78, 5) is 24.5. The van der Waals surface area contributed by atoms with Gasteiger partial charge in [-0.3, -0.25) is 14.7 Å². The summed E-state index contributed by atoms with van der Waals surface area (Å²) >= 11 is 0. The summed E-state index contributed by atoms with van der Waals surface area (Å²) in [6, 6.07) is 7.64. The number of nitrogens with one attached hydrogen (secondary N) is 1. The molecule has 1 unspecified atom stereocenters. The number of para-hydroxylation sites is 1. The van der Waals surface area contributed by atoms with E-state index in [2.05, 4.69) is 20.9 Å². The molecule has 8 heteroatoms. The number of H-pyrrole nitrogens is 1. The molecule has 0 amide bonds. The molecule has 1 atom stereocenters. The number of rotatable bonds is 6. The molecular weight excluding hydrogens is 384 g/mol. The third kappa shape index (κ3) is 4.60. The van der Waals surface area contributed by atoms with E-state index in [4.69, 9.17) is 19.2 Å². The number of anilines is 1. The maximum Gasteiger partial charge on any atom is 0.252 e. The van der Waals surface area contributed by atoms with E-state index in [1.54, 1.807) is 20.3 Å². The molecule has 2 saturated heterocycles. The largest absolute Gasteiger partial charge is 0.493 e. The predicted octanol–water partition coefficient (Wildman–Crippen LogP) is 2.00. The van der Waals surface area contributed by atoms with Gasteiger partial charge in [-0.25, -0.2) is 4.98 Å². The van der Waals surface area contributed by atoms with Gasteiger partial charge in [0.15, 0.2) is 11.5 Å². The van der Waals surface area contributed by atoms with E-state index < -0.39 is 0 Å². The molecule has 1 aromatic carbocycles. The Bertz CT molecular complexity index is 910. The summed E-state index contributed by atoms with van der Waals surface area (Å²) in [5, 5.41) is 0. The maximum atomic E-state index is 12.3. The fourth-order valence-corrected chi connectivity index (χ4v) is 4.36. The van der Waals surface area contributed by atoms with Crippen LogP contribution in [0.1, 0.15) is 30.0 Å². The third-order valence-electron chi connectivity index (χ3n) is 5.86. The van der Waals surface area contributed by atoms with Gasteiger partial charge in [-0.05, 0) is 25.5 Å². The number of morpholine rings is 1. The van der Waals surface area contributed by atoms with Gasteiger partial charge in [0.05, 0.1) is 33.1 Å². The Balaban J connectivity index is 1.51. The lowest BCUT2D eigenvalue weighted by atomic mass is 9.94. The van der Waals surface area contributed by atoms with Gasteiger partial charge in [0.2, 0.25) is 5.95 Å². The molecule has 2 aliphatic heterocycles. The first kappa shape index (κ1) is 20.7. The summed E-state index contributed by atoms with van der Waals surface area (Å²) in [6.45, 7) is 5.46. The lowest BCUT2D eigenvalue weighted by Crippen LogP contribution is -2.39. The Morgan fingerprint density at radius 3 is 2.80 bits per heavy atom. The lowest BCUT2D eigenvalue weighted by Gasteiger charge is -2.33. The molecule has 4 rings (SSSR count). The van der Waals surface area contributed by atoms with Crippen LogP contribution in [0.25, 0.3) is 0 Å². The van der Waals surface area contributed by atoms with Crippen LogP contribution in [0.4, 0.5) is 5.95 Å². The summed E-state index contributed by atoms with van der Waals surface area (Å²) in [7, 11) is 3.33. The van der Waals surface area contributed by atoms with Gasteiger partial charge in [0.1, 0.15) is 0 Å². The van der Waals surface area contributed by atoms with Crippen LogP contribution in [0, 0.1) is 0 Å². The molecule has 2 aliphatic rings. The second-order valence-electron chi connectivity index (χ2n) is 7.82. The first-order valence-electron chi connectivity index (χ1n) is 10.5. The molecule has 0 bridgehead atoms. The third-order valence-corrected chi connectivity index (χ3v) is 5.86. The minimum absolute atomic E-state index is 0.0897. The highest BCUT2D eigenvalue weighted by molar-refractivity contribution is 5.46. The van der Waals surface area contributed by atoms with Crippen molar-refractivity contribution in [2.45, 2.75) is 25.3 Å². The van der Waals surface area contributed by atoms with E-state index in [0.717, 1.165) is 68.3 Å². The number of hydrogen-bond donors (Lipinski definition) is 1. The number of ether oxygens (including phenoxy) is 3. The fraction of sp³-hybridized carbons (Fsp3) is 0.545. The van der Waals surface area contributed by atoms with Crippen molar-refractivity contribution < 1.29 is 14.2 Å². The van der Waals surface area contributed by atoms with E-state index in [-0.39, 0.29) is 11.5 Å². The van der Waals surface area contributed by atoms with Crippen LogP contribution in [0.15, 0.2) is 29.1 Å². The summed E-state index contributed by atoms with van der Waals surface area (Å²) in [5.41, 5.74) is 1.89. The van der Waals surface area contributed by atoms with Gasteiger partial charge >= 0.3 is 0 Å². The van der Waals surface area contributed by atoms with E-state index in [1.165, 1.54) is 0 Å². The number of nitrogens with zero attached hydrogens (tertiary/aromatic N) is 3. The molecule has 1 N–H and O–H groups in total. The summed E-state index contributed by atoms with van der Waals surface area (Å²) < 4.78 is 16.4. The zero-order valence-electron chi connectivity index (χ0n) is 17.7. The van der Waals surface area contributed by atoms with Gasteiger partial charge in [-0.1, -0.05) is 12.1 Å². The van der Waals surface area contributed by atoms with Crippen LogP contribution in [-0.4, -0.2) is 68.5 Å². The minimum Gasteiger partial charge on any atom is -0.493 e. The molecular formula is C22H30N4O4. The van der Waals surface area contributed by atoms with Gasteiger partial charge in [-0.2, -0.15) is 0 Å². The highest BCUT2D eigenvalue weighted by Crippen LogP contribution is 2.33. The lowest BCUT2D eigenvalue weighted by molar-refractivity contribution is 0.122. The van der Waals surface area contributed by atoms with Crippen LogP contribution in [-0.2, 0) is 11.3 Å². The number of piperidine rings is 1. The number of likely N-dealkylation sites (tertiary alicyclic amines) is 1. The standard InChI is InChI=1S/C22H30N4O4/c1-28-19-7-3-5-17(21(19)29-2)15-25-8-4-6-16(14-25)18-13-20(27)24-22(23-18)26-9-11-30-12-10-26/h3,5,7,13,16H,4,6,8-12,14-15H2,1-2H3,(H,23,24,27). The Morgan fingerprint density at radius 2 is 2.03 bits per heavy atom. The predicted molar refractivity (Wildman–Crippen MR) is 115 cm³/mol. The molecule has 0 spiro atoms. The van der Waals surface area contributed by atoms with Crippen LogP contribution in [0.3, 0.4) is 0 Å². The molecule has 1 aromatic heterocycles. The van der Waals surface area contributed by atoms with Gasteiger partial charge in [0, 0.05) is 43.7 Å². The van der Waals surface area contributed by atoms with Crippen molar-refractivity contribution in [3.63, 3.8) is 0 Å². The SMILES string of the molecule is COc1cccc(CN2CCCC(c3cc(=O)[nH]c(N4CCOCC4)n3)C2)c1OC. The molecule has 30 heavy (non-hydrogen) atoms. The van der Waals surface area contributed by atoms with Crippen molar-refractivity contribution >= 4 is 5.95 Å². The Labute approximate surface area is 176 Å². The van der Waals surface area contributed by atoms with Gasteiger partial charge < -0.3 is 19.1 Å². The summed E-state index contributed by atoms with van der Waals surface area (Å²) in [5.74, 6) is 2.42. The molecule has 162 valence electrons. The van der Waals surface area contributed by atoms with Crippen LogP contribution < -0.4 is 19.9 Å². The van der Waals surface area contributed by atoms with E-state index in [1.807, 2.05) is 12.1 Å². The molecule has 8 nitrogen and oxygen atoms in total. The Hall–Kier alpha value is -2.58. The zero-order valence-corrected chi connectivity index (χ0v) is 17.7. The average molecular weight is 415 g/mol. The zero-order chi connectivity index (χ0) is 20.9. The fourth-order valence-electron chi connectivity index (χ4n) is 4.36. The number of hydrogen-bond acceptors (Lipinski definition) is 7. The molecule has 0 radical (unpaired) electrons. The van der Waals surface area contributed by atoms with E-state index in [0.29, 0.717) is 19.2 Å². The molecule has 2 fully saturated rings. The molecule has 0 aliphatic carbocycles. The normalized spacial score (nSPS) is 20.2. The van der Waals surface area contributed by atoms with Gasteiger partial charge in [-0.15, -0.1) is 0 Å². The molecule has 3 heterocycles. The average Bonchev–Trinajstić information content (AvgIpc) is 2.79. The Morgan fingerprint density at radius 1 is 1.20 bits per heavy atom. The van der Waals surface area contributed by atoms with Crippen LogP contribution >= 0.6 is 0 Å². The second-order valence-corrected chi connectivity index (χ2v) is 7.82. The van der Waals surface area contributed by atoms with E-state index >= 15 is 0 Å². The van der Waals surface area contributed by atoms with Crippen LogP contribution in [0.2, 0.25) is 0 Å². The van der Waals surface area contributed by atoms with E-state index in [9.17, 15) is 4.79 Å². The first-order valence-corrected chi connectivity index (χ1v) is 10.5. The van der Waals surface area contributed by atoms with Crippen LogP contribution in [0.5, 0.6) is 11.5 Å². The first-order chi connectivity index (χ1) is 14.7. The molecule has 0 saturated carbocycles. The van der Waals surface area contributed by atoms with Crippen molar-refractivity contribution in [1.29, 1.82) is 0 Å². The minimum atomic E-state index is -0.0897. The van der Waals surface area contributed by atoms with Gasteiger partial charge in [0.25, 0.3) is 5.56 Å².